The monoisotopic (exact) mass is 1290 g/mol. The summed E-state index contributed by atoms with van der Waals surface area (Å²) in [5, 5.41) is 26.2. The van der Waals surface area contributed by atoms with E-state index in [4.69, 9.17) is 18.8 Å². The van der Waals surface area contributed by atoms with Crippen LogP contribution in [-0.2, 0) is 0 Å². The predicted molar refractivity (Wildman–Crippen MR) is 406 cm³/mol. The van der Waals surface area contributed by atoms with Crippen molar-refractivity contribution >= 4 is 173 Å². The molecule has 13 aromatic carbocycles. The summed E-state index contributed by atoms with van der Waals surface area (Å²) >= 11 is 3.63. The summed E-state index contributed by atoms with van der Waals surface area (Å²) in [5.74, 6) is 1.65. The summed E-state index contributed by atoms with van der Waals surface area (Å²) in [7, 11) is 0. The number of rotatable bonds is 7. The Bertz CT molecular complexity index is 6840. The number of benzene rings is 13. The summed E-state index contributed by atoms with van der Waals surface area (Å²) in [6, 6.07) is 104. The summed E-state index contributed by atoms with van der Waals surface area (Å²) in [6.45, 7) is 0. The lowest BCUT2D eigenvalue weighted by molar-refractivity contribution is 0.672. The van der Waals surface area contributed by atoms with Gasteiger partial charge in [0, 0.05) is 106 Å². The molecule has 9 heterocycles. The van der Waals surface area contributed by atoms with Crippen molar-refractivity contribution in [3.8, 4) is 62.7 Å². The molecule has 0 aliphatic carbocycles. The maximum atomic E-state index is 13.2. The Balaban J connectivity index is 1.00. The highest BCUT2D eigenvalue weighted by Gasteiger charge is 2.35. The maximum Gasteiger partial charge on any atom is 0.165 e. The molecule has 22 rings (SSSR count). The number of fused-ring (bicyclic) bond motifs is 24. The van der Waals surface area contributed by atoms with E-state index in [1.807, 2.05) is 46.9 Å². The topological polar surface area (TPSA) is 95.6 Å². The third kappa shape index (κ3) is 7.20. The van der Waals surface area contributed by atoms with Crippen LogP contribution < -0.4 is 0 Å². The van der Waals surface area contributed by atoms with Crippen LogP contribution in [0, 0.1) is 11.3 Å². The minimum Gasteiger partial charge on any atom is -0.454 e. The van der Waals surface area contributed by atoms with Gasteiger partial charge in [-0.2, -0.15) is 5.26 Å². The summed E-state index contributed by atoms with van der Waals surface area (Å²) < 4.78 is 28.0. The molecule has 0 N–H and O–H groups in total. The van der Waals surface area contributed by atoms with Crippen molar-refractivity contribution in [2.75, 3.05) is 0 Å². The predicted octanol–water partition coefficient (Wildman–Crippen LogP) is 24.0. The van der Waals surface area contributed by atoms with E-state index >= 15 is 0 Å². The molecule has 0 aliphatic heterocycles. The van der Waals surface area contributed by atoms with Crippen molar-refractivity contribution in [3.05, 3.63) is 291 Å². The molecule has 98 heavy (non-hydrogen) atoms. The zero-order valence-electron chi connectivity index (χ0n) is 51.9. The quantitative estimate of drug-likeness (QED) is 0.158. The third-order valence-corrected chi connectivity index (χ3v) is 22.6. The van der Waals surface area contributed by atoms with Gasteiger partial charge in [0.1, 0.15) is 45.5 Å². The maximum absolute atomic E-state index is 13.2. The molecule has 22 aromatic rings. The fourth-order valence-electron chi connectivity index (χ4n) is 16.3. The number of nitriles is 1. The molecule has 0 fully saturated rings. The van der Waals surface area contributed by atoms with E-state index in [9.17, 15) is 5.26 Å². The van der Waals surface area contributed by atoms with Crippen molar-refractivity contribution < 1.29 is 8.83 Å². The highest BCUT2D eigenvalue weighted by atomic mass is 32.1. The lowest BCUT2D eigenvalue weighted by Crippen LogP contribution is -2.13. The van der Waals surface area contributed by atoms with E-state index in [-0.39, 0.29) is 0 Å². The Kier molecular flexibility index (Phi) is 11.0. The first kappa shape index (κ1) is 53.5. The second-order valence-corrected chi connectivity index (χ2v) is 27.4. The molecule has 9 aromatic heterocycles. The van der Waals surface area contributed by atoms with Crippen LogP contribution in [0.15, 0.2) is 294 Å². The van der Waals surface area contributed by atoms with Crippen LogP contribution in [0.3, 0.4) is 0 Å². The molecule has 0 amide bonds. The average molecular weight is 1290 g/mol. The summed E-state index contributed by atoms with van der Waals surface area (Å²) in [6.07, 6.45) is 0. The number of thiophene rings is 2. The van der Waals surface area contributed by atoms with Gasteiger partial charge in [-0.1, -0.05) is 194 Å². The Morgan fingerprint density at radius 1 is 0.316 bits per heavy atom. The van der Waals surface area contributed by atoms with Gasteiger partial charge in [0.05, 0.1) is 44.5 Å². The Morgan fingerprint density at radius 2 is 0.684 bits per heavy atom. The van der Waals surface area contributed by atoms with Crippen LogP contribution in [0.2, 0.25) is 0 Å². The van der Waals surface area contributed by atoms with E-state index in [1.54, 1.807) is 0 Å². The van der Waals surface area contributed by atoms with Gasteiger partial charge in [-0.25, -0.2) is 9.97 Å². The Hall–Kier alpha value is -12.9. The first-order chi connectivity index (χ1) is 48.6. The van der Waals surface area contributed by atoms with Crippen LogP contribution in [-0.4, -0.2) is 28.2 Å². The molecule has 0 spiro atoms. The van der Waals surface area contributed by atoms with Gasteiger partial charge < -0.3 is 18.0 Å². The highest BCUT2D eigenvalue weighted by molar-refractivity contribution is 7.27. The molecule has 0 aliphatic rings. The van der Waals surface area contributed by atoms with Crippen molar-refractivity contribution in [1.29, 1.82) is 5.26 Å². The largest absolute Gasteiger partial charge is 0.454 e. The van der Waals surface area contributed by atoms with Gasteiger partial charge in [-0.05, 0) is 96.1 Å². The molecule has 0 radical (unpaired) electrons. The van der Waals surface area contributed by atoms with Gasteiger partial charge in [-0.15, -0.1) is 22.7 Å². The van der Waals surface area contributed by atoms with Crippen molar-refractivity contribution in [3.63, 3.8) is 0 Å². The minimum absolute atomic E-state index is 0.431. The van der Waals surface area contributed by atoms with E-state index < -0.39 is 0 Å². The van der Waals surface area contributed by atoms with E-state index in [2.05, 4.69) is 285 Å². The van der Waals surface area contributed by atoms with Crippen molar-refractivity contribution in [2.24, 2.45) is 0 Å². The lowest BCUT2D eigenvalue weighted by Gasteiger charge is -2.27. The average Bonchev–Trinajstić information content (AvgIpc) is 1.40. The van der Waals surface area contributed by atoms with Crippen molar-refractivity contribution in [1.82, 2.24) is 28.2 Å². The van der Waals surface area contributed by atoms with E-state index in [0.717, 1.165) is 137 Å². The molecular formula is C87H47N7O2S2. The number of para-hydroxylation sites is 6. The SMILES string of the molecule is N#Cc1c(-n2c3ccccc3c3c4sc5ccccc5c4ccc32)c(-c2ccccc2)c(-c2nc(-n3c4ccccc4c4oc5ccccc5c43)cc(-n3c4ccccc4c4oc5ccccc5c43)n2)c(-c2ccccc2)c1-n1c2ccccc2c2c3sc4ccccc4c3ccc21. The van der Waals surface area contributed by atoms with Gasteiger partial charge in [0.15, 0.2) is 17.0 Å². The normalized spacial score (nSPS) is 12.3. The second-order valence-electron chi connectivity index (χ2n) is 25.3. The Morgan fingerprint density at radius 3 is 1.12 bits per heavy atom. The number of hydrogen-bond donors (Lipinski definition) is 0. The number of furan rings is 2. The van der Waals surface area contributed by atoms with Gasteiger partial charge in [0.2, 0.25) is 0 Å². The first-order valence-corrected chi connectivity index (χ1v) is 34.4. The zero-order valence-corrected chi connectivity index (χ0v) is 53.5. The van der Waals surface area contributed by atoms with Crippen LogP contribution in [0.25, 0.3) is 207 Å². The number of aromatic nitrogens is 6. The van der Waals surface area contributed by atoms with E-state index in [0.29, 0.717) is 34.4 Å². The molecular weight excluding hydrogens is 1240 g/mol. The number of nitrogens with zero attached hydrogens (tertiary/aromatic N) is 7. The van der Waals surface area contributed by atoms with Crippen molar-refractivity contribution in [2.45, 2.75) is 0 Å². The Labute approximate surface area is 564 Å². The molecule has 0 saturated carbocycles. The summed E-state index contributed by atoms with van der Waals surface area (Å²) in [5.41, 5.74) is 16.4. The van der Waals surface area contributed by atoms with Gasteiger partial charge in [0.25, 0.3) is 0 Å². The van der Waals surface area contributed by atoms with Gasteiger partial charge in [-0.3, -0.25) is 9.13 Å². The molecule has 0 unspecified atom stereocenters. The smallest absolute Gasteiger partial charge is 0.165 e. The van der Waals surface area contributed by atoms with Gasteiger partial charge >= 0.3 is 0 Å². The van der Waals surface area contributed by atoms with Crippen LogP contribution >= 0.6 is 22.7 Å². The molecule has 0 saturated heterocycles. The van der Waals surface area contributed by atoms with Crippen LogP contribution in [0.1, 0.15) is 5.56 Å². The lowest BCUT2D eigenvalue weighted by atomic mass is 9.85. The molecule has 454 valence electrons. The zero-order chi connectivity index (χ0) is 64.0. The minimum atomic E-state index is 0.431. The number of hydrogen-bond acceptors (Lipinski definition) is 7. The van der Waals surface area contributed by atoms with Crippen LogP contribution in [0.5, 0.6) is 0 Å². The third-order valence-electron chi connectivity index (χ3n) is 20.2. The molecule has 9 nitrogen and oxygen atoms in total. The summed E-state index contributed by atoms with van der Waals surface area (Å²) in [4.78, 5) is 12.4. The molecule has 0 atom stereocenters. The standard InChI is InChI=1S/C87H47N7O2S2/c88-48-61-79(91-62-35-15-7-29-55(62)76-66(91)45-43-53-51-27-13-21-41-70(51)97-85(53)76)74(49-23-3-1-4-24-49)78(75(50-25-5-2-6-26-50)80(61)92-63-36-16-8-30-56(63)77-67(92)46-44-54-52-28-14-22-42-71(52)98-86(54)77)87-89-72(93-64-37-17-9-31-57(64)83-81(93)59-33-11-19-39-68(59)95-83)47-73(90-87)94-65-38-18-10-32-58(65)84-82(94)60-34-12-20-40-69(60)96-84/h1-47H. The molecule has 11 heteroatoms. The first-order valence-electron chi connectivity index (χ1n) is 32.8. The second kappa shape index (κ2) is 20.1. The fraction of sp³-hybridized carbons (Fsp3) is 0. The van der Waals surface area contributed by atoms with Crippen LogP contribution in [0.4, 0.5) is 0 Å². The highest BCUT2D eigenvalue weighted by Crippen LogP contribution is 2.55. The molecule has 0 bridgehead atoms. The fourth-order valence-corrected chi connectivity index (χ4v) is 18.8. The van der Waals surface area contributed by atoms with E-state index in [1.165, 1.54) is 40.3 Å².